The second kappa shape index (κ2) is 8.47. The standard InChI is InChI=1S/C21H26N2O2/c1-14(2)17-11-7-9-16(4)20(17)23-19(24)12-13-22-21(25)18-10-6-5-8-15(18)3/h5-11,14H,12-13H2,1-4H3,(H,22,25)(H,23,24). The Morgan fingerprint density at radius 3 is 2.32 bits per heavy atom. The maximum atomic E-state index is 12.3. The molecule has 0 bridgehead atoms. The third-order valence-corrected chi connectivity index (χ3v) is 4.22. The highest BCUT2D eigenvalue weighted by molar-refractivity contribution is 5.96. The number of carbonyl (C=O) groups is 2. The molecule has 2 N–H and O–H groups in total. The highest BCUT2D eigenvalue weighted by atomic mass is 16.2. The van der Waals surface area contributed by atoms with Crippen LogP contribution in [0.5, 0.6) is 0 Å². The fourth-order valence-electron chi connectivity index (χ4n) is 2.76. The van der Waals surface area contributed by atoms with Crippen LogP contribution >= 0.6 is 0 Å². The lowest BCUT2D eigenvalue weighted by Crippen LogP contribution is -2.28. The van der Waals surface area contributed by atoms with E-state index < -0.39 is 0 Å². The van der Waals surface area contributed by atoms with Crippen molar-refractivity contribution in [3.63, 3.8) is 0 Å². The van der Waals surface area contributed by atoms with Gasteiger partial charge in [0.2, 0.25) is 5.91 Å². The van der Waals surface area contributed by atoms with Crippen LogP contribution in [0, 0.1) is 13.8 Å². The van der Waals surface area contributed by atoms with Gasteiger partial charge in [0.1, 0.15) is 0 Å². The summed E-state index contributed by atoms with van der Waals surface area (Å²) < 4.78 is 0. The summed E-state index contributed by atoms with van der Waals surface area (Å²) in [6, 6.07) is 13.4. The Hall–Kier alpha value is -2.62. The highest BCUT2D eigenvalue weighted by Crippen LogP contribution is 2.27. The van der Waals surface area contributed by atoms with Crippen LogP contribution < -0.4 is 10.6 Å². The number of nitrogens with one attached hydrogen (secondary N) is 2. The number of anilines is 1. The van der Waals surface area contributed by atoms with Crippen LogP contribution in [0.15, 0.2) is 42.5 Å². The van der Waals surface area contributed by atoms with E-state index in [1.165, 1.54) is 0 Å². The Kier molecular flexibility index (Phi) is 6.34. The molecule has 0 heterocycles. The first kappa shape index (κ1) is 18.7. The van der Waals surface area contributed by atoms with Gasteiger partial charge in [0, 0.05) is 24.2 Å². The predicted octanol–water partition coefficient (Wildman–Crippen LogP) is 4.19. The number of aryl methyl sites for hydroxylation is 2. The second-order valence-electron chi connectivity index (χ2n) is 6.56. The lowest BCUT2D eigenvalue weighted by molar-refractivity contribution is -0.116. The molecule has 0 atom stereocenters. The van der Waals surface area contributed by atoms with Crippen molar-refractivity contribution in [3.05, 3.63) is 64.7 Å². The summed E-state index contributed by atoms with van der Waals surface area (Å²) in [5.41, 5.74) is 4.61. The van der Waals surface area contributed by atoms with Gasteiger partial charge in [-0.15, -0.1) is 0 Å². The van der Waals surface area contributed by atoms with Crippen LogP contribution in [0.2, 0.25) is 0 Å². The maximum Gasteiger partial charge on any atom is 0.251 e. The second-order valence-corrected chi connectivity index (χ2v) is 6.56. The first-order valence-electron chi connectivity index (χ1n) is 8.63. The van der Waals surface area contributed by atoms with Crippen molar-refractivity contribution in [3.8, 4) is 0 Å². The minimum Gasteiger partial charge on any atom is -0.352 e. The third-order valence-electron chi connectivity index (χ3n) is 4.22. The van der Waals surface area contributed by atoms with Crippen molar-refractivity contribution >= 4 is 17.5 Å². The number of carbonyl (C=O) groups excluding carboxylic acids is 2. The zero-order chi connectivity index (χ0) is 18.4. The first-order chi connectivity index (χ1) is 11.9. The van der Waals surface area contributed by atoms with Gasteiger partial charge in [-0.05, 0) is 42.5 Å². The summed E-state index contributed by atoms with van der Waals surface area (Å²) in [6.45, 7) is 8.40. The molecule has 0 spiro atoms. The molecule has 0 radical (unpaired) electrons. The summed E-state index contributed by atoms with van der Waals surface area (Å²) in [4.78, 5) is 24.4. The zero-order valence-electron chi connectivity index (χ0n) is 15.3. The molecular weight excluding hydrogens is 312 g/mol. The number of rotatable bonds is 6. The first-order valence-corrected chi connectivity index (χ1v) is 8.63. The van der Waals surface area contributed by atoms with Gasteiger partial charge < -0.3 is 10.6 Å². The monoisotopic (exact) mass is 338 g/mol. The minimum absolute atomic E-state index is 0.0960. The number of para-hydroxylation sites is 1. The largest absolute Gasteiger partial charge is 0.352 e. The van der Waals surface area contributed by atoms with Crippen LogP contribution in [0.3, 0.4) is 0 Å². The van der Waals surface area contributed by atoms with E-state index in [2.05, 4.69) is 24.5 Å². The normalized spacial score (nSPS) is 10.6. The molecule has 0 aliphatic carbocycles. The SMILES string of the molecule is Cc1ccccc1C(=O)NCCC(=O)Nc1c(C)cccc1C(C)C. The van der Waals surface area contributed by atoms with Gasteiger partial charge in [-0.25, -0.2) is 0 Å². The van der Waals surface area contributed by atoms with Gasteiger partial charge in [-0.1, -0.05) is 50.2 Å². The molecule has 2 aromatic carbocycles. The van der Waals surface area contributed by atoms with Crippen LogP contribution in [-0.2, 0) is 4.79 Å². The number of hydrogen-bond donors (Lipinski definition) is 2. The molecule has 4 nitrogen and oxygen atoms in total. The minimum atomic E-state index is -0.148. The molecule has 0 fully saturated rings. The topological polar surface area (TPSA) is 58.2 Å². The Labute approximate surface area is 149 Å². The summed E-state index contributed by atoms with van der Waals surface area (Å²) in [7, 11) is 0. The van der Waals surface area contributed by atoms with E-state index in [0.29, 0.717) is 18.0 Å². The Morgan fingerprint density at radius 1 is 0.960 bits per heavy atom. The molecule has 0 saturated heterocycles. The van der Waals surface area contributed by atoms with Crippen molar-refractivity contribution in [2.75, 3.05) is 11.9 Å². The summed E-state index contributed by atoms with van der Waals surface area (Å²) in [5.74, 6) is 0.0851. The zero-order valence-corrected chi connectivity index (χ0v) is 15.3. The molecule has 2 aromatic rings. The summed E-state index contributed by atoms with van der Waals surface area (Å²) >= 11 is 0. The summed E-state index contributed by atoms with van der Waals surface area (Å²) in [6.07, 6.45) is 0.240. The van der Waals surface area contributed by atoms with Crippen molar-refractivity contribution in [1.82, 2.24) is 5.32 Å². The average molecular weight is 338 g/mol. The fourth-order valence-corrected chi connectivity index (χ4v) is 2.76. The fraction of sp³-hybridized carbons (Fsp3) is 0.333. The van der Waals surface area contributed by atoms with E-state index in [9.17, 15) is 9.59 Å². The predicted molar refractivity (Wildman–Crippen MR) is 102 cm³/mol. The van der Waals surface area contributed by atoms with Gasteiger partial charge in [-0.3, -0.25) is 9.59 Å². The van der Waals surface area contributed by atoms with Gasteiger partial charge >= 0.3 is 0 Å². The Balaban J connectivity index is 1.92. The van der Waals surface area contributed by atoms with E-state index in [4.69, 9.17) is 0 Å². The molecule has 2 rings (SSSR count). The molecule has 132 valence electrons. The molecule has 0 aliphatic heterocycles. The van der Waals surface area contributed by atoms with Gasteiger partial charge in [0.05, 0.1) is 0 Å². The van der Waals surface area contributed by atoms with Crippen molar-refractivity contribution in [2.24, 2.45) is 0 Å². The third kappa shape index (κ3) is 4.92. The van der Waals surface area contributed by atoms with E-state index >= 15 is 0 Å². The molecule has 0 aliphatic rings. The van der Waals surface area contributed by atoms with Crippen molar-refractivity contribution < 1.29 is 9.59 Å². The van der Waals surface area contributed by atoms with E-state index in [0.717, 1.165) is 22.4 Å². The van der Waals surface area contributed by atoms with E-state index in [-0.39, 0.29) is 18.2 Å². The molecular formula is C21H26N2O2. The molecule has 0 unspecified atom stereocenters. The molecule has 0 saturated carbocycles. The lowest BCUT2D eigenvalue weighted by Gasteiger charge is -2.16. The van der Waals surface area contributed by atoms with Crippen LogP contribution in [0.25, 0.3) is 0 Å². The molecule has 4 heteroatoms. The molecule has 0 aromatic heterocycles. The number of amides is 2. The van der Waals surface area contributed by atoms with Gasteiger partial charge in [0.15, 0.2) is 0 Å². The molecule has 2 amide bonds. The maximum absolute atomic E-state index is 12.3. The van der Waals surface area contributed by atoms with Crippen LogP contribution in [0.1, 0.15) is 53.2 Å². The van der Waals surface area contributed by atoms with Gasteiger partial charge in [-0.2, -0.15) is 0 Å². The average Bonchev–Trinajstić information content (AvgIpc) is 2.56. The van der Waals surface area contributed by atoms with Crippen LogP contribution in [0.4, 0.5) is 5.69 Å². The quantitative estimate of drug-likeness (QED) is 0.830. The number of hydrogen-bond acceptors (Lipinski definition) is 2. The van der Waals surface area contributed by atoms with Crippen molar-refractivity contribution in [1.29, 1.82) is 0 Å². The highest BCUT2D eigenvalue weighted by Gasteiger charge is 2.13. The van der Waals surface area contributed by atoms with Crippen LogP contribution in [-0.4, -0.2) is 18.4 Å². The Morgan fingerprint density at radius 2 is 1.64 bits per heavy atom. The van der Waals surface area contributed by atoms with E-state index in [1.807, 2.05) is 50.2 Å². The Bertz CT molecular complexity index is 766. The lowest BCUT2D eigenvalue weighted by atomic mass is 9.98. The molecule has 25 heavy (non-hydrogen) atoms. The van der Waals surface area contributed by atoms with Gasteiger partial charge in [0.25, 0.3) is 5.91 Å². The summed E-state index contributed by atoms with van der Waals surface area (Å²) in [5, 5.41) is 5.80. The van der Waals surface area contributed by atoms with Crippen molar-refractivity contribution in [2.45, 2.75) is 40.0 Å². The van der Waals surface area contributed by atoms with E-state index in [1.54, 1.807) is 6.07 Å². The number of benzene rings is 2. The smallest absolute Gasteiger partial charge is 0.251 e.